The van der Waals surface area contributed by atoms with Gasteiger partial charge in [0.15, 0.2) is 0 Å². The maximum absolute atomic E-state index is 12.7. The van der Waals surface area contributed by atoms with Gasteiger partial charge in [-0.2, -0.15) is 0 Å². The highest BCUT2D eigenvalue weighted by molar-refractivity contribution is 8.00. The molecule has 2 aromatic rings. The van der Waals surface area contributed by atoms with Crippen LogP contribution in [0, 0.1) is 11.8 Å². The molecular weight excluding hydrogens is 392 g/mol. The quantitative estimate of drug-likeness (QED) is 0.753. The van der Waals surface area contributed by atoms with Crippen LogP contribution >= 0.6 is 11.8 Å². The molecule has 4 atom stereocenters. The molecule has 5 heteroatoms. The van der Waals surface area contributed by atoms with Gasteiger partial charge in [-0.1, -0.05) is 48.9 Å². The molecule has 2 amide bonds. The summed E-state index contributed by atoms with van der Waals surface area (Å²) in [5, 5.41) is 3.29. The maximum atomic E-state index is 12.7. The monoisotopic (exact) mass is 420 g/mol. The summed E-state index contributed by atoms with van der Waals surface area (Å²) < 4.78 is 0. The highest BCUT2D eigenvalue weighted by atomic mass is 32.2. The molecule has 5 rings (SSSR count). The molecule has 156 valence electrons. The molecule has 0 spiro atoms. The lowest BCUT2D eigenvalue weighted by Crippen LogP contribution is -2.38. The van der Waals surface area contributed by atoms with E-state index in [1.165, 1.54) is 24.8 Å². The van der Waals surface area contributed by atoms with E-state index in [9.17, 15) is 9.59 Å². The Kier molecular flexibility index (Phi) is 5.55. The van der Waals surface area contributed by atoms with Gasteiger partial charge in [0.25, 0.3) is 5.91 Å². The van der Waals surface area contributed by atoms with Crippen molar-refractivity contribution in [3.8, 4) is 0 Å². The number of amides is 2. The topological polar surface area (TPSA) is 49.4 Å². The van der Waals surface area contributed by atoms with Crippen LogP contribution in [-0.2, 0) is 11.2 Å². The maximum Gasteiger partial charge on any atom is 0.251 e. The fraction of sp³-hybridized carbons (Fsp3) is 0.440. The number of thioether (sulfide) groups is 1. The predicted molar refractivity (Wildman–Crippen MR) is 120 cm³/mol. The summed E-state index contributed by atoms with van der Waals surface area (Å²) in [6, 6.07) is 18.5. The molecule has 0 unspecified atom stereocenters. The van der Waals surface area contributed by atoms with E-state index in [1.54, 1.807) is 11.8 Å². The van der Waals surface area contributed by atoms with Gasteiger partial charge in [0.1, 0.15) is 5.37 Å². The SMILES string of the molecule is O=C(N[C@@H]1C[C@@H]2CC[C@@H]1C2)c1ccc([C@H]2SCC(=O)N2CCc2ccccc2)cc1. The lowest BCUT2D eigenvalue weighted by Gasteiger charge is -2.25. The van der Waals surface area contributed by atoms with Crippen LogP contribution in [0.15, 0.2) is 54.6 Å². The molecule has 30 heavy (non-hydrogen) atoms. The summed E-state index contributed by atoms with van der Waals surface area (Å²) >= 11 is 1.67. The van der Waals surface area contributed by atoms with Crippen molar-refractivity contribution < 1.29 is 9.59 Å². The van der Waals surface area contributed by atoms with E-state index in [0.717, 1.165) is 24.3 Å². The number of carbonyl (C=O) groups is 2. The van der Waals surface area contributed by atoms with Gasteiger partial charge in [0, 0.05) is 18.2 Å². The Morgan fingerprint density at radius 3 is 2.53 bits per heavy atom. The first-order valence-electron chi connectivity index (χ1n) is 11.0. The first-order valence-corrected chi connectivity index (χ1v) is 12.1. The Labute approximate surface area is 182 Å². The molecular formula is C25H28N2O2S. The summed E-state index contributed by atoms with van der Waals surface area (Å²) in [5.41, 5.74) is 3.05. The van der Waals surface area contributed by atoms with Gasteiger partial charge in [-0.05, 0) is 60.8 Å². The van der Waals surface area contributed by atoms with Crippen LogP contribution in [0.4, 0.5) is 0 Å². The van der Waals surface area contributed by atoms with E-state index in [4.69, 9.17) is 0 Å². The van der Waals surface area contributed by atoms with E-state index in [1.807, 2.05) is 47.4 Å². The summed E-state index contributed by atoms with van der Waals surface area (Å²) in [6.45, 7) is 0.715. The van der Waals surface area contributed by atoms with Crippen LogP contribution in [0.2, 0.25) is 0 Å². The van der Waals surface area contributed by atoms with Crippen molar-refractivity contribution in [1.82, 2.24) is 10.2 Å². The van der Waals surface area contributed by atoms with Crippen LogP contribution in [0.3, 0.4) is 0 Å². The van der Waals surface area contributed by atoms with Gasteiger partial charge >= 0.3 is 0 Å². The minimum absolute atomic E-state index is 0.0314. The van der Waals surface area contributed by atoms with Crippen LogP contribution in [-0.4, -0.2) is 35.1 Å². The van der Waals surface area contributed by atoms with Crippen LogP contribution in [0.5, 0.6) is 0 Å². The van der Waals surface area contributed by atoms with Gasteiger partial charge in [-0.25, -0.2) is 0 Å². The molecule has 3 aliphatic rings. The number of nitrogens with one attached hydrogen (secondary N) is 1. The Morgan fingerprint density at radius 2 is 1.83 bits per heavy atom. The normalized spacial score (nSPS) is 27.6. The summed E-state index contributed by atoms with van der Waals surface area (Å²) in [5.74, 6) is 2.25. The van der Waals surface area contributed by atoms with E-state index in [2.05, 4.69) is 17.4 Å². The zero-order valence-electron chi connectivity index (χ0n) is 17.1. The standard InChI is InChI=1S/C25H28N2O2S/c28-23-16-30-25(27(23)13-12-17-4-2-1-3-5-17)20-10-8-19(9-11-20)24(29)26-22-15-18-6-7-21(22)14-18/h1-5,8-11,18,21-22,25H,6-7,12-16H2,(H,26,29)/t18-,21-,22-,25-/m1/s1. The molecule has 2 aromatic carbocycles. The number of carbonyl (C=O) groups excluding carboxylic acids is 2. The smallest absolute Gasteiger partial charge is 0.251 e. The lowest BCUT2D eigenvalue weighted by atomic mass is 9.95. The van der Waals surface area contributed by atoms with Crippen molar-refractivity contribution >= 4 is 23.6 Å². The number of benzene rings is 2. The molecule has 0 radical (unpaired) electrons. The van der Waals surface area contributed by atoms with Gasteiger partial charge in [-0.15, -0.1) is 11.8 Å². The highest BCUT2D eigenvalue weighted by Gasteiger charge is 2.40. The second kappa shape index (κ2) is 8.46. The zero-order chi connectivity index (χ0) is 20.5. The number of hydrogen-bond donors (Lipinski definition) is 1. The molecule has 0 aromatic heterocycles. The minimum atomic E-state index is 0.0314. The Hall–Kier alpha value is -2.27. The minimum Gasteiger partial charge on any atom is -0.349 e. The third kappa shape index (κ3) is 4.00. The van der Waals surface area contributed by atoms with Crippen LogP contribution in [0.1, 0.15) is 52.5 Å². The highest BCUT2D eigenvalue weighted by Crippen LogP contribution is 2.44. The molecule has 1 saturated heterocycles. The van der Waals surface area contributed by atoms with Crippen molar-refractivity contribution in [2.24, 2.45) is 11.8 Å². The third-order valence-electron chi connectivity index (χ3n) is 6.96. The lowest BCUT2D eigenvalue weighted by molar-refractivity contribution is -0.128. The molecule has 4 nitrogen and oxygen atoms in total. The van der Waals surface area contributed by atoms with Crippen molar-refractivity contribution in [2.75, 3.05) is 12.3 Å². The van der Waals surface area contributed by atoms with Gasteiger partial charge < -0.3 is 10.2 Å². The average molecular weight is 421 g/mol. The molecule has 2 bridgehead atoms. The second-order valence-electron chi connectivity index (χ2n) is 8.86. The van der Waals surface area contributed by atoms with Crippen LogP contribution < -0.4 is 5.32 Å². The first-order chi connectivity index (χ1) is 14.7. The largest absolute Gasteiger partial charge is 0.349 e. The Morgan fingerprint density at radius 1 is 1.03 bits per heavy atom. The van der Waals surface area contributed by atoms with Gasteiger partial charge in [0.05, 0.1) is 5.75 Å². The van der Waals surface area contributed by atoms with Crippen molar-refractivity contribution in [3.63, 3.8) is 0 Å². The average Bonchev–Trinajstić information content (AvgIpc) is 3.49. The first kappa shape index (κ1) is 19.7. The fourth-order valence-corrected chi connectivity index (χ4v) is 6.56. The third-order valence-corrected chi connectivity index (χ3v) is 8.22. The molecule has 2 aliphatic carbocycles. The fourth-order valence-electron chi connectivity index (χ4n) is 5.34. The Balaban J connectivity index is 1.22. The summed E-state index contributed by atoms with van der Waals surface area (Å²) in [6.07, 6.45) is 5.89. The number of hydrogen-bond acceptors (Lipinski definition) is 3. The van der Waals surface area contributed by atoms with E-state index < -0.39 is 0 Å². The number of rotatable bonds is 6. The molecule has 1 aliphatic heterocycles. The predicted octanol–water partition coefficient (Wildman–Crippen LogP) is 4.42. The van der Waals surface area contributed by atoms with Gasteiger partial charge in [-0.3, -0.25) is 9.59 Å². The Bertz CT molecular complexity index is 915. The number of nitrogens with zero attached hydrogens (tertiary/aromatic N) is 1. The van der Waals surface area contributed by atoms with E-state index in [-0.39, 0.29) is 17.2 Å². The zero-order valence-corrected chi connectivity index (χ0v) is 17.9. The number of fused-ring (bicyclic) bond motifs is 2. The van der Waals surface area contributed by atoms with E-state index in [0.29, 0.717) is 29.8 Å². The van der Waals surface area contributed by atoms with Crippen molar-refractivity contribution in [2.45, 2.75) is 43.5 Å². The molecule has 3 fully saturated rings. The van der Waals surface area contributed by atoms with Crippen molar-refractivity contribution in [1.29, 1.82) is 0 Å². The second-order valence-corrected chi connectivity index (χ2v) is 9.93. The van der Waals surface area contributed by atoms with Gasteiger partial charge in [0.2, 0.25) is 5.91 Å². The van der Waals surface area contributed by atoms with Crippen molar-refractivity contribution in [3.05, 3.63) is 71.3 Å². The molecule has 1 heterocycles. The molecule has 2 saturated carbocycles. The van der Waals surface area contributed by atoms with Crippen LogP contribution in [0.25, 0.3) is 0 Å². The van der Waals surface area contributed by atoms with E-state index >= 15 is 0 Å². The molecule has 1 N–H and O–H groups in total. The summed E-state index contributed by atoms with van der Waals surface area (Å²) in [4.78, 5) is 27.1. The summed E-state index contributed by atoms with van der Waals surface area (Å²) in [7, 11) is 0.